The van der Waals surface area contributed by atoms with Gasteiger partial charge < -0.3 is 9.84 Å². The highest BCUT2D eigenvalue weighted by Gasteiger charge is 2.18. The lowest BCUT2D eigenvalue weighted by molar-refractivity contribution is 0.0692. The summed E-state index contributed by atoms with van der Waals surface area (Å²) in [4.78, 5) is 15.2. The molecular formula is C15H16FNO3S. The van der Waals surface area contributed by atoms with Crippen LogP contribution in [0.2, 0.25) is 0 Å². The van der Waals surface area contributed by atoms with Crippen molar-refractivity contribution in [2.45, 2.75) is 32.8 Å². The van der Waals surface area contributed by atoms with Crippen LogP contribution in [0.25, 0.3) is 0 Å². The molecule has 0 amide bonds. The first-order valence-electron chi connectivity index (χ1n) is 6.38. The second-order valence-electron chi connectivity index (χ2n) is 5.63. The van der Waals surface area contributed by atoms with E-state index < -0.39 is 11.8 Å². The minimum absolute atomic E-state index is 0.0157. The van der Waals surface area contributed by atoms with Gasteiger partial charge in [0.2, 0.25) is 0 Å². The first-order chi connectivity index (χ1) is 9.77. The van der Waals surface area contributed by atoms with E-state index in [4.69, 9.17) is 9.84 Å². The number of nitrogens with zero attached hydrogens (tertiary/aromatic N) is 1. The predicted molar refractivity (Wildman–Crippen MR) is 78.5 cm³/mol. The van der Waals surface area contributed by atoms with E-state index in [1.54, 1.807) is 11.3 Å². The number of benzene rings is 1. The van der Waals surface area contributed by atoms with E-state index in [1.165, 1.54) is 12.1 Å². The van der Waals surface area contributed by atoms with Crippen molar-refractivity contribution in [3.8, 4) is 5.75 Å². The van der Waals surface area contributed by atoms with E-state index in [2.05, 4.69) is 25.8 Å². The van der Waals surface area contributed by atoms with Crippen molar-refractivity contribution >= 4 is 17.3 Å². The highest BCUT2D eigenvalue weighted by Crippen LogP contribution is 2.26. The third-order valence-corrected chi connectivity index (χ3v) is 4.07. The monoisotopic (exact) mass is 309 g/mol. The number of carboxylic acids is 1. The molecule has 2 aromatic rings. The van der Waals surface area contributed by atoms with Crippen molar-refractivity contribution in [1.29, 1.82) is 0 Å². The summed E-state index contributed by atoms with van der Waals surface area (Å²) in [7, 11) is 0. The van der Waals surface area contributed by atoms with E-state index in [-0.39, 0.29) is 23.3 Å². The molecule has 1 N–H and O–H groups in total. The summed E-state index contributed by atoms with van der Waals surface area (Å²) in [5.41, 5.74) is 0.386. The van der Waals surface area contributed by atoms with Gasteiger partial charge in [-0.05, 0) is 12.1 Å². The van der Waals surface area contributed by atoms with Gasteiger partial charge in [-0.2, -0.15) is 0 Å². The lowest BCUT2D eigenvalue weighted by Gasteiger charge is -2.13. The van der Waals surface area contributed by atoms with Gasteiger partial charge in [-0.25, -0.2) is 14.2 Å². The fourth-order valence-electron chi connectivity index (χ4n) is 1.63. The maximum Gasteiger partial charge on any atom is 0.338 e. The van der Waals surface area contributed by atoms with Gasteiger partial charge in [0.1, 0.15) is 18.2 Å². The van der Waals surface area contributed by atoms with Crippen molar-refractivity contribution < 1.29 is 19.0 Å². The molecule has 0 bridgehead atoms. The third kappa shape index (κ3) is 3.78. The number of aromatic nitrogens is 1. The fourth-order valence-corrected chi connectivity index (χ4v) is 2.53. The number of carboxylic acid groups (broad SMARTS) is 1. The Morgan fingerprint density at radius 3 is 2.67 bits per heavy atom. The molecule has 1 heterocycles. The summed E-state index contributed by atoms with van der Waals surface area (Å²) in [5.74, 6) is -1.83. The summed E-state index contributed by atoms with van der Waals surface area (Å²) in [6.45, 7) is 6.46. The Morgan fingerprint density at radius 2 is 2.14 bits per heavy atom. The summed E-state index contributed by atoms with van der Waals surface area (Å²) in [6.07, 6.45) is 0. The van der Waals surface area contributed by atoms with E-state index in [1.807, 2.05) is 5.38 Å². The second-order valence-corrected chi connectivity index (χ2v) is 6.49. The van der Waals surface area contributed by atoms with Crippen LogP contribution in [0.3, 0.4) is 0 Å². The van der Waals surface area contributed by atoms with Gasteiger partial charge in [-0.3, -0.25) is 0 Å². The van der Waals surface area contributed by atoms with Gasteiger partial charge in [-0.1, -0.05) is 20.8 Å². The van der Waals surface area contributed by atoms with Crippen molar-refractivity contribution in [1.82, 2.24) is 4.98 Å². The Balaban J connectivity index is 2.05. The first-order valence-corrected chi connectivity index (χ1v) is 7.26. The molecule has 0 unspecified atom stereocenters. The summed E-state index contributed by atoms with van der Waals surface area (Å²) in [5, 5.41) is 11.7. The van der Waals surface area contributed by atoms with E-state index in [0.717, 1.165) is 16.8 Å². The number of hydrogen-bond acceptors (Lipinski definition) is 4. The van der Waals surface area contributed by atoms with Gasteiger partial charge in [0.15, 0.2) is 0 Å². The van der Waals surface area contributed by atoms with Crippen LogP contribution in [0, 0.1) is 5.82 Å². The Labute approximate surface area is 126 Å². The zero-order chi connectivity index (χ0) is 15.6. The van der Waals surface area contributed by atoms with Gasteiger partial charge >= 0.3 is 5.97 Å². The number of carbonyl (C=O) groups is 1. The van der Waals surface area contributed by atoms with Crippen LogP contribution in [-0.4, -0.2) is 16.1 Å². The molecule has 4 nitrogen and oxygen atoms in total. The number of thiazole rings is 1. The Kier molecular flexibility index (Phi) is 4.27. The number of halogens is 1. The largest absolute Gasteiger partial charge is 0.487 e. The summed E-state index contributed by atoms with van der Waals surface area (Å²) in [6, 6.07) is 3.69. The number of ether oxygens (including phenoxy) is 1. The quantitative estimate of drug-likeness (QED) is 0.931. The number of rotatable bonds is 4. The predicted octanol–water partition coefficient (Wildman–Crippen LogP) is 3.86. The van der Waals surface area contributed by atoms with E-state index in [0.29, 0.717) is 0 Å². The average Bonchev–Trinajstić information content (AvgIpc) is 2.84. The van der Waals surface area contributed by atoms with Crippen LogP contribution in [0.4, 0.5) is 4.39 Å². The highest BCUT2D eigenvalue weighted by molar-refractivity contribution is 7.09. The summed E-state index contributed by atoms with van der Waals surface area (Å²) < 4.78 is 19.0. The molecule has 112 valence electrons. The van der Waals surface area contributed by atoms with Crippen LogP contribution < -0.4 is 4.74 Å². The maximum atomic E-state index is 13.5. The molecule has 0 aliphatic heterocycles. The smallest absolute Gasteiger partial charge is 0.338 e. The first kappa shape index (κ1) is 15.4. The molecule has 1 aromatic carbocycles. The van der Waals surface area contributed by atoms with Gasteiger partial charge in [0, 0.05) is 16.9 Å². The van der Waals surface area contributed by atoms with Crippen LogP contribution in [0.15, 0.2) is 23.6 Å². The molecule has 0 aliphatic carbocycles. The average molecular weight is 309 g/mol. The number of aromatic carboxylic acids is 1. The third-order valence-electron chi connectivity index (χ3n) is 2.75. The van der Waals surface area contributed by atoms with Crippen molar-refractivity contribution in [2.24, 2.45) is 0 Å². The second kappa shape index (κ2) is 5.81. The Morgan fingerprint density at radius 1 is 1.43 bits per heavy atom. The molecule has 0 fully saturated rings. The van der Waals surface area contributed by atoms with Crippen LogP contribution in [-0.2, 0) is 12.0 Å². The zero-order valence-corrected chi connectivity index (χ0v) is 12.8. The van der Waals surface area contributed by atoms with Gasteiger partial charge in [-0.15, -0.1) is 11.3 Å². The SMILES string of the molecule is CC(C)(C)c1nc(COc2ccc(C(=O)O)c(F)c2)cs1. The topological polar surface area (TPSA) is 59.4 Å². The molecule has 0 saturated carbocycles. The molecule has 0 spiro atoms. The molecule has 1 aromatic heterocycles. The van der Waals surface area contributed by atoms with Gasteiger partial charge in [0.25, 0.3) is 0 Å². The van der Waals surface area contributed by atoms with Crippen molar-refractivity contribution in [2.75, 3.05) is 0 Å². The standard InChI is InChI=1S/C15H16FNO3S/c1-15(2,3)14-17-9(8-21-14)7-20-10-4-5-11(13(18)19)12(16)6-10/h4-6,8H,7H2,1-3H3,(H,18,19). The zero-order valence-electron chi connectivity index (χ0n) is 12.0. The summed E-state index contributed by atoms with van der Waals surface area (Å²) >= 11 is 1.56. The maximum absolute atomic E-state index is 13.5. The normalized spacial score (nSPS) is 11.4. The van der Waals surface area contributed by atoms with Crippen molar-refractivity contribution in [3.63, 3.8) is 0 Å². The minimum atomic E-state index is -1.30. The molecule has 6 heteroatoms. The van der Waals surface area contributed by atoms with Crippen molar-refractivity contribution in [3.05, 3.63) is 45.7 Å². The molecular weight excluding hydrogens is 293 g/mol. The van der Waals surface area contributed by atoms with Crippen LogP contribution in [0.5, 0.6) is 5.75 Å². The van der Waals surface area contributed by atoms with E-state index >= 15 is 0 Å². The lowest BCUT2D eigenvalue weighted by atomic mass is 9.98. The fraction of sp³-hybridized carbons (Fsp3) is 0.333. The Bertz CT molecular complexity index is 661. The molecule has 21 heavy (non-hydrogen) atoms. The molecule has 0 aliphatic rings. The van der Waals surface area contributed by atoms with Crippen LogP contribution >= 0.6 is 11.3 Å². The number of hydrogen-bond donors (Lipinski definition) is 1. The Hall–Kier alpha value is -1.95. The molecule has 0 atom stereocenters. The molecule has 0 saturated heterocycles. The van der Waals surface area contributed by atoms with E-state index in [9.17, 15) is 9.18 Å². The van der Waals surface area contributed by atoms with Gasteiger partial charge in [0.05, 0.1) is 16.3 Å². The lowest BCUT2D eigenvalue weighted by Crippen LogP contribution is -2.10. The molecule has 2 rings (SSSR count). The molecule has 0 radical (unpaired) electrons. The minimum Gasteiger partial charge on any atom is -0.487 e. The highest BCUT2D eigenvalue weighted by atomic mass is 32.1. The van der Waals surface area contributed by atoms with Crippen LogP contribution in [0.1, 0.15) is 41.8 Å².